The molecule has 1 unspecified atom stereocenters. The molecule has 5 heteroatoms. The Kier molecular flexibility index (Phi) is 4.58. The molecule has 0 spiro atoms. The van der Waals surface area contributed by atoms with Crippen LogP contribution in [0.15, 0.2) is 12.3 Å². The molecule has 0 bridgehead atoms. The zero-order valence-corrected chi connectivity index (χ0v) is 12.0. The Balaban J connectivity index is 1.98. The number of hydrogen-bond donors (Lipinski definition) is 0. The first-order valence-electron chi connectivity index (χ1n) is 7.06. The van der Waals surface area contributed by atoms with Crippen LogP contribution in [0.4, 0.5) is 0 Å². The number of carbonyl (C=O) groups is 1. The maximum atomic E-state index is 11.9. The van der Waals surface area contributed by atoms with Crippen molar-refractivity contribution < 1.29 is 9.53 Å². The van der Waals surface area contributed by atoms with E-state index < -0.39 is 0 Å². The van der Waals surface area contributed by atoms with Crippen LogP contribution in [0.3, 0.4) is 0 Å². The van der Waals surface area contributed by atoms with Gasteiger partial charge in [0.1, 0.15) is 6.04 Å². The number of carbonyl (C=O) groups excluding carboxylic acids is 1. The molecular weight excluding hydrogens is 242 g/mol. The molecule has 1 aliphatic rings. The van der Waals surface area contributed by atoms with Crippen molar-refractivity contribution >= 4 is 5.97 Å². The molecule has 1 aliphatic heterocycles. The minimum atomic E-state index is -0.0942. The second-order valence-electron chi connectivity index (χ2n) is 5.26. The van der Waals surface area contributed by atoms with E-state index in [9.17, 15) is 4.79 Å². The van der Waals surface area contributed by atoms with E-state index >= 15 is 0 Å². The molecule has 1 aromatic heterocycles. The molecule has 0 radical (unpaired) electrons. The van der Waals surface area contributed by atoms with Crippen LogP contribution >= 0.6 is 0 Å². The molecule has 2 heterocycles. The molecule has 106 valence electrons. The normalized spacial score (nSPS) is 20.1. The van der Waals surface area contributed by atoms with E-state index in [4.69, 9.17) is 4.74 Å². The number of ether oxygens (including phenoxy) is 1. The summed E-state index contributed by atoms with van der Waals surface area (Å²) in [5, 5.41) is 4.54. The van der Waals surface area contributed by atoms with Crippen LogP contribution in [-0.4, -0.2) is 39.8 Å². The Hall–Kier alpha value is -1.36. The largest absolute Gasteiger partial charge is 0.465 e. The van der Waals surface area contributed by atoms with E-state index in [1.807, 2.05) is 23.9 Å². The molecule has 0 saturated carbocycles. The van der Waals surface area contributed by atoms with Crippen LogP contribution in [0.5, 0.6) is 0 Å². The van der Waals surface area contributed by atoms with E-state index in [1.54, 1.807) is 0 Å². The Morgan fingerprint density at radius 3 is 3.00 bits per heavy atom. The van der Waals surface area contributed by atoms with Gasteiger partial charge in [0.25, 0.3) is 0 Å². The highest BCUT2D eigenvalue weighted by Crippen LogP contribution is 2.21. The summed E-state index contributed by atoms with van der Waals surface area (Å²) in [6, 6.07) is 2.30. The molecule has 1 fully saturated rings. The molecule has 0 amide bonds. The van der Waals surface area contributed by atoms with Crippen LogP contribution in [0.1, 0.15) is 45.3 Å². The second kappa shape index (κ2) is 6.19. The molecule has 1 saturated heterocycles. The van der Waals surface area contributed by atoms with E-state index in [2.05, 4.69) is 23.8 Å². The van der Waals surface area contributed by atoms with E-state index in [0.717, 1.165) is 31.6 Å². The predicted octanol–water partition coefficient (Wildman–Crippen LogP) is 1.99. The monoisotopic (exact) mass is 265 g/mol. The number of nitrogens with zero attached hydrogens (tertiary/aromatic N) is 3. The van der Waals surface area contributed by atoms with Crippen LogP contribution < -0.4 is 0 Å². The van der Waals surface area contributed by atoms with Gasteiger partial charge in [0.05, 0.1) is 12.3 Å². The Bertz CT molecular complexity index is 428. The average molecular weight is 265 g/mol. The van der Waals surface area contributed by atoms with Crippen molar-refractivity contribution in [2.45, 2.75) is 52.2 Å². The van der Waals surface area contributed by atoms with Crippen LogP contribution in [0, 0.1) is 0 Å². The van der Waals surface area contributed by atoms with Crippen LogP contribution in [-0.2, 0) is 16.1 Å². The van der Waals surface area contributed by atoms with Gasteiger partial charge in [-0.25, -0.2) is 0 Å². The third-order valence-corrected chi connectivity index (χ3v) is 3.48. The summed E-state index contributed by atoms with van der Waals surface area (Å²) < 4.78 is 7.08. The third kappa shape index (κ3) is 3.35. The molecule has 19 heavy (non-hydrogen) atoms. The molecule has 0 aliphatic carbocycles. The summed E-state index contributed by atoms with van der Waals surface area (Å²) in [6.45, 7) is 8.18. The lowest BCUT2D eigenvalue weighted by Crippen LogP contribution is -2.37. The summed E-state index contributed by atoms with van der Waals surface area (Å²) >= 11 is 0. The first-order chi connectivity index (χ1) is 9.11. The first kappa shape index (κ1) is 14.1. The second-order valence-corrected chi connectivity index (χ2v) is 5.26. The molecule has 0 aromatic carbocycles. The van der Waals surface area contributed by atoms with Gasteiger partial charge in [0.15, 0.2) is 0 Å². The lowest BCUT2D eigenvalue weighted by molar-refractivity contribution is -0.148. The highest BCUT2D eigenvalue weighted by atomic mass is 16.5. The first-order valence-corrected chi connectivity index (χ1v) is 7.06. The van der Waals surface area contributed by atoms with E-state index in [0.29, 0.717) is 12.6 Å². The lowest BCUT2D eigenvalue weighted by atomic mass is 10.2. The van der Waals surface area contributed by atoms with Gasteiger partial charge in [-0.1, -0.05) is 0 Å². The summed E-state index contributed by atoms with van der Waals surface area (Å²) in [4.78, 5) is 14.0. The zero-order valence-electron chi connectivity index (χ0n) is 12.0. The minimum absolute atomic E-state index is 0.0934. The van der Waals surface area contributed by atoms with E-state index in [1.165, 1.54) is 0 Å². The van der Waals surface area contributed by atoms with Gasteiger partial charge in [0, 0.05) is 18.8 Å². The number of rotatable bonds is 5. The standard InChI is InChI=1S/C14H23N3O2/c1-4-19-14(18)13-6-5-8-16(13)10-12-7-9-17(15-12)11(2)3/h7,9,11,13H,4-6,8,10H2,1-3H3. The molecule has 5 nitrogen and oxygen atoms in total. The van der Waals surface area contributed by atoms with Crippen molar-refractivity contribution in [3.05, 3.63) is 18.0 Å². The van der Waals surface area contributed by atoms with Gasteiger partial charge in [-0.15, -0.1) is 0 Å². The molecule has 0 N–H and O–H groups in total. The summed E-state index contributed by atoms with van der Waals surface area (Å²) in [6.07, 6.45) is 3.94. The van der Waals surface area contributed by atoms with Crippen LogP contribution in [0.25, 0.3) is 0 Å². The number of hydrogen-bond acceptors (Lipinski definition) is 4. The Labute approximate surface area is 114 Å². The van der Waals surface area contributed by atoms with Gasteiger partial charge < -0.3 is 4.74 Å². The van der Waals surface area contributed by atoms with Crippen LogP contribution in [0.2, 0.25) is 0 Å². The SMILES string of the molecule is CCOC(=O)C1CCCN1Cc1ccn(C(C)C)n1. The molecule has 1 atom stereocenters. The third-order valence-electron chi connectivity index (χ3n) is 3.48. The van der Waals surface area contributed by atoms with Crippen molar-refractivity contribution in [3.8, 4) is 0 Å². The quantitative estimate of drug-likeness (QED) is 0.764. The Morgan fingerprint density at radius 2 is 2.37 bits per heavy atom. The summed E-state index contributed by atoms with van der Waals surface area (Å²) in [7, 11) is 0. The van der Waals surface area contributed by atoms with Crippen molar-refractivity contribution in [1.82, 2.24) is 14.7 Å². The van der Waals surface area contributed by atoms with Gasteiger partial charge >= 0.3 is 5.97 Å². The molecule has 2 rings (SSSR count). The number of likely N-dealkylation sites (tertiary alicyclic amines) is 1. The summed E-state index contributed by atoms with van der Waals surface area (Å²) in [5.41, 5.74) is 1.02. The van der Waals surface area contributed by atoms with Gasteiger partial charge in [-0.2, -0.15) is 5.10 Å². The highest BCUT2D eigenvalue weighted by Gasteiger charge is 2.32. The fourth-order valence-corrected chi connectivity index (χ4v) is 2.48. The number of esters is 1. The minimum Gasteiger partial charge on any atom is -0.465 e. The maximum absolute atomic E-state index is 11.9. The van der Waals surface area contributed by atoms with Gasteiger partial charge in [-0.3, -0.25) is 14.4 Å². The molecule has 1 aromatic rings. The van der Waals surface area contributed by atoms with Crippen molar-refractivity contribution in [1.29, 1.82) is 0 Å². The van der Waals surface area contributed by atoms with E-state index in [-0.39, 0.29) is 12.0 Å². The Morgan fingerprint density at radius 1 is 1.58 bits per heavy atom. The van der Waals surface area contributed by atoms with Crippen molar-refractivity contribution in [3.63, 3.8) is 0 Å². The van der Waals surface area contributed by atoms with Crippen molar-refractivity contribution in [2.75, 3.05) is 13.2 Å². The number of aromatic nitrogens is 2. The fraction of sp³-hybridized carbons (Fsp3) is 0.714. The fourth-order valence-electron chi connectivity index (χ4n) is 2.48. The maximum Gasteiger partial charge on any atom is 0.323 e. The van der Waals surface area contributed by atoms with Gasteiger partial charge in [0.2, 0.25) is 0 Å². The van der Waals surface area contributed by atoms with Crippen molar-refractivity contribution in [2.24, 2.45) is 0 Å². The highest BCUT2D eigenvalue weighted by molar-refractivity contribution is 5.76. The molecular formula is C14H23N3O2. The smallest absolute Gasteiger partial charge is 0.323 e. The van der Waals surface area contributed by atoms with Gasteiger partial charge in [-0.05, 0) is 46.2 Å². The zero-order chi connectivity index (χ0) is 13.8. The summed E-state index contributed by atoms with van der Waals surface area (Å²) in [5.74, 6) is -0.0942. The lowest BCUT2D eigenvalue weighted by Gasteiger charge is -2.21. The average Bonchev–Trinajstić information content (AvgIpc) is 2.99. The topological polar surface area (TPSA) is 47.4 Å². The predicted molar refractivity (Wildman–Crippen MR) is 72.7 cm³/mol.